The van der Waals surface area contributed by atoms with E-state index in [9.17, 15) is 0 Å². The average molecular weight is 576 g/mol. The highest BCUT2D eigenvalue weighted by molar-refractivity contribution is 14.1. The Labute approximate surface area is 204 Å². The van der Waals surface area contributed by atoms with Gasteiger partial charge in [0.2, 0.25) is 0 Å². The van der Waals surface area contributed by atoms with Crippen molar-refractivity contribution in [2.45, 2.75) is 13.2 Å². The number of ether oxygens (including phenoxy) is 2. The van der Waals surface area contributed by atoms with Gasteiger partial charge >= 0.3 is 0 Å². The number of rotatable bonds is 8. The molecule has 0 saturated carbocycles. The van der Waals surface area contributed by atoms with E-state index in [1.165, 1.54) is 0 Å². The van der Waals surface area contributed by atoms with Crippen LogP contribution in [0.1, 0.15) is 16.7 Å². The van der Waals surface area contributed by atoms with Gasteiger partial charge in [0.15, 0.2) is 11.5 Å². The largest absolute Gasteiger partial charge is 0.493 e. The topological polar surface area (TPSA) is 42.8 Å². The minimum atomic E-state index is 0.414. The van der Waals surface area contributed by atoms with Crippen LogP contribution in [0.15, 0.2) is 59.7 Å². The molecule has 0 unspecified atom stereocenters. The summed E-state index contributed by atoms with van der Waals surface area (Å²) in [4.78, 5) is 0. The molecule has 1 N–H and O–H groups in total. The molecular weight excluding hydrogens is 558 g/mol. The summed E-state index contributed by atoms with van der Waals surface area (Å²) in [6.45, 7) is 0.836. The molecule has 30 heavy (non-hydrogen) atoms. The van der Waals surface area contributed by atoms with E-state index in [0.29, 0.717) is 39.7 Å². The molecule has 0 radical (unpaired) electrons. The number of hydrogen-bond acceptors (Lipinski definition) is 4. The Bertz CT molecular complexity index is 1020. The number of nitrogens with one attached hydrogen (secondary N) is 1. The number of methoxy groups -OCH3 is 1. The summed E-state index contributed by atoms with van der Waals surface area (Å²) in [5, 5.41) is 6.16. The van der Waals surface area contributed by atoms with E-state index < -0.39 is 0 Å². The van der Waals surface area contributed by atoms with Crippen LogP contribution >= 0.6 is 57.4 Å². The Morgan fingerprint density at radius 3 is 2.40 bits per heavy atom. The van der Waals surface area contributed by atoms with Crippen molar-refractivity contribution < 1.29 is 9.47 Å². The molecule has 0 aliphatic carbocycles. The van der Waals surface area contributed by atoms with Crippen molar-refractivity contribution in [1.29, 1.82) is 0 Å². The molecule has 0 aliphatic rings. The van der Waals surface area contributed by atoms with Gasteiger partial charge in [-0.3, -0.25) is 0 Å². The van der Waals surface area contributed by atoms with Gasteiger partial charge in [-0.25, -0.2) is 0 Å². The van der Waals surface area contributed by atoms with Crippen LogP contribution in [0, 0.1) is 3.57 Å². The van der Waals surface area contributed by atoms with Crippen LogP contribution in [0.2, 0.25) is 15.1 Å². The van der Waals surface area contributed by atoms with E-state index in [0.717, 1.165) is 20.3 Å². The highest BCUT2D eigenvalue weighted by Crippen LogP contribution is 2.34. The van der Waals surface area contributed by atoms with Gasteiger partial charge in [0.25, 0.3) is 0 Å². The maximum Gasteiger partial charge on any atom is 0.174 e. The number of benzene rings is 3. The Hall–Kier alpha value is -1.67. The molecule has 0 spiro atoms. The first-order chi connectivity index (χ1) is 14.5. The summed E-state index contributed by atoms with van der Waals surface area (Å²) in [6.07, 6.45) is 1.71. The van der Waals surface area contributed by atoms with Crippen LogP contribution < -0.4 is 14.9 Å². The Morgan fingerprint density at radius 1 is 1.03 bits per heavy atom. The number of nitrogens with zero attached hydrogens (tertiary/aromatic N) is 1. The molecule has 0 aromatic heterocycles. The van der Waals surface area contributed by atoms with E-state index in [1.807, 2.05) is 42.5 Å². The second kappa shape index (κ2) is 11.1. The van der Waals surface area contributed by atoms with Gasteiger partial charge < -0.3 is 14.9 Å². The van der Waals surface area contributed by atoms with Crippen molar-refractivity contribution in [3.05, 3.63) is 89.9 Å². The molecule has 8 heteroatoms. The molecule has 0 fully saturated rings. The highest BCUT2D eigenvalue weighted by Gasteiger charge is 2.12. The highest BCUT2D eigenvalue weighted by atomic mass is 127. The molecule has 3 aromatic carbocycles. The van der Waals surface area contributed by atoms with Crippen molar-refractivity contribution in [1.82, 2.24) is 5.43 Å². The number of hydrazone groups is 1. The Morgan fingerprint density at radius 2 is 1.73 bits per heavy atom. The van der Waals surface area contributed by atoms with Crippen molar-refractivity contribution in [3.8, 4) is 11.5 Å². The Balaban J connectivity index is 1.67. The molecule has 0 atom stereocenters. The first-order valence-electron chi connectivity index (χ1n) is 8.91. The Kier molecular flexibility index (Phi) is 8.50. The van der Waals surface area contributed by atoms with E-state index in [-0.39, 0.29) is 0 Å². The molecule has 0 aliphatic heterocycles. The normalized spacial score (nSPS) is 11.0. The first-order valence-corrected chi connectivity index (χ1v) is 11.1. The van der Waals surface area contributed by atoms with E-state index in [2.05, 4.69) is 33.1 Å². The zero-order chi connectivity index (χ0) is 21.5. The minimum absolute atomic E-state index is 0.414. The maximum atomic E-state index is 6.17. The second-order valence-electron chi connectivity index (χ2n) is 6.24. The van der Waals surface area contributed by atoms with Crippen LogP contribution in [0.5, 0.6) is 11.5 Å². The summed E-state index contributed by atoms with van der Waals surface area (Å²) >= 11 is 20.5. The molecule has 0 amide bonds. The van der Waals surface area contributed by atoms with E-state index in [1.54, 1.807) is 25.5 Å². The predicted octanol–water partition coefficient (Wildman–Crippen LogP) is 6.96. The van der Waals surface area contributed by atoms with Gasteiger partial charge in [-0.05, 0) is 70.1 Å². The molecule has 3 rings (SSSR count). The van der Waals surface area contributed by atoms with Gasteiger partial charge in [0.05, 0.1) is 23.4 Å². The summed E-state index contributed by atoms with van der Waals surface area (Å²) in [6, 6.07) is 16.8. The first kappa shape index (κ1) is 23.0. The fraction of sp³-hybridized carbons (Fsp3) is 0.136. The van der Waals surface area contributed by atoms with Crippen LogP contribution in [0.25, 0.3) is 0 Å². The fourth-order valence-electron chi connectivity index (χ4n) is 2.64. The van der Waals surface area contributed by atoms with Gasteiger partial charge in [0.1, 0.15) is 6.61 Å². The zero-order valence-electron chi connectivity index (χ0n) is 16.0. The lowest BCUT2D eigenvalue weighted by Crippen LogP contribution is -2.07. The van der Waals surface area contributed by atoms with E-state index in [4.69, 9.17) is 44.3 Å². The third-order valence-electron chi connectivity index (χ3n) is 4.17. The van der Waals surface area contributed by atoms with Crippen molar-refractivity contribution in [2.24, 2.45) is 5.10 Å². The average Bonchev–Trinajstić information content (AvgIpc) is 2.73. The van der Waals surface area contributed by atoms with Crippen LogP contribution in [-0.4, -0.2) is 13.3 Å². The third-order valence-corrected chi connectivity index (χ3v) is 5.93. The molecule has 3 aromatic rings. The molecule has 0 bridgehead atoms. The quantitative estimate of drug-likeness (QED) is 0.179. The second-order valence-corrected chi connectivity index (χ2v) is 8.66. The standard InChI is InChI=1S/C22H18Cl3IN2O2/c1-29-21-10-15(11-27-28-12-17-18(24)3-2-4-19(17)25)9-20(26)22(21)30-13-14-5-7-16(23)8-6-14/h2-11,28H,12-13H2,1H3/b27-11-. The van der Waals surface area contributed by atoms with Crippen LogP contribution in [-0.2, 0) is 13.2 Å². The van der Waals surface area contributed by atoms with Gasteiger partial charge in [-0.1, -0.05) is 53.0 Å². The number of halogens is 4. The van der Waals surface area contributed by atoms with E-state index >= 15 is 0 Å². The van der Waals surface area contributed by atoms with Gasteiger partial charge in [-0.15, -0.1) is 0 Å². The zero-order valence-corrected chi connectivity index (χ0v) is 20.4. The fourth-order valence-corrected chi connectivity index (χ4v) is 4.07. The maximum absolute atomic E-state index is 6.17. The molecule has 156 valence electrons. The van der Waals surface area contributed by atoms with Crippen LogP contribution in [0.4, 0.5) is 0 Å². The summed E-state index contributed by atoms with van der Waals surface area (Å²) in [5.41, 5.74) is 5.66. The summed E-state index contributed by atoms with van der Waals surface area (Å²) in [7, 11) is 1.61. The lowest BCUT2D eigenvalue weighted by molar-refractivity contribution is 0.282. The van der Waals surface area contributed by atoms with Crippen molar-refractivity contribution >= 4 is 63.6 Å². The molecule has 4 nitrogen and oxygen atoms in total. The summed E-state index contributed by atoms with van der Waals surface area (Å²) < 4.78 is 12.4. The van der Waals surface area contributed by atoms with Gasteiger partial charge in [0, 0.05) is 20.6 Å². The number of hydrogen-bond donors (Lipinski definition) is 1. The lowest BCUT2D eigenvalue weighted by atomic mass is 10.2. The van der Waals surface area contributed by atoms with Crippen molar-refractivity contribution in [3.63, 3.8) is 0 Å². The van der Waals surface area contributed by atoms with Crippen molar-refractivity contribution in [2.75, 3.05) is 7.11 Å². The molecule has 0 saturated heterocycles. The monoisotopic (exact) mass is 574 g/mol. The van der Waals surface area contributed by atoms with Gasteiger partial charge in [-0.2, -0.15) is 5.10 Å². The lowest BCUT2D eigenvalue weighted by Gasteiger charge is -2.13. The van der Waals surface area contributed by atoms with Crippen LogP contribution in [0.3, 0.4) is 0 Å². The third kappa shape index (κ3) is 6.17. The minimum Gasteiger partial charge on any atom is -0.493 e. The summed E-state index contributed by atoms with van der Waals surface area (Å²) in [5.74, 6) is 1.31. The molecule has 0 heterocycles. The molecular formula is C22H18Cl3IN2O2. The predicted molar refractivity (Wildman–Crippen MR) is 132 cm³/mol. The SMILES string of the molecule is COc1cc(/C=N\NCc2c(Cl)cccc2Cl)cc(I)c1OCc1ccc(Cl)cc1. The smallest absolute Gasteiger partial charge is 0.174 e.